The van der Waals surface area contributed by atoms with Gasteiger partial charge in [-0.2, -0.15) is 0 Å². The number of fused-ring (bicyclic) bond motifs is 1. The summed E-state index contributed by atoms with van der Waals surface area (Å²) in [6.45, 7) is 0.927. The van der Waals surface area contributed by atoms with Crippen LogP contribution < -0.4 is 5.49 Å². The third kappa shape index (κ3) is 4.20. The van der Waals surface area contributed by atoms with E-state index in [4.69, 9.17) is 4.98 Å². The summed E-state index contributed by atoms with van der Waals surface area (Å²) in [6, 6.07) is 21.0. The van der Waals surface area contributed by atoms with Crippen molar-refractivity contribution in [2.75, 3.05) is 0 Å². The summed E-state index contributed by atoms with van der Waals surface area (Å²) in [5.74, 6) is 0.629. The highest BCUT2D eigenvalue weighted by molar-refractivity contribution is 6.02. The second kappa shape index (κ2) is 10.1. The largest absolute Gasteiger partial charge is 0.391 e. The number of benzene rings is 2. The number of hydrogen-bond acceptors (Lipinski definition) is 3. The zero-order chi connectivity index (χ0) is 24.5. The molecule has 4 aromatic rings. The Morgan fingerprint density at radius 2 is 1.44 bits per heavy atom. The normalized spacial score (nSPS) is 21.1. The zero-order valence-electron chi connectivity index (χ0n) is 20.9. The molecule has 0 aliphatic heterocycles. The number of nitrogens with zero attached hydrogens (tertiary/aromatic N) is 3. The number of rotatable bonds is 5. The summed E-state index contributed by atoms with van der Waals surface area (Å²) < 4.78 is 4.35. The van der Waals surface area contributed by atoms with E-state index < -0.39 is 6.10 Å². The van der Waals surface area contributed by atoms with Gasteiger partial charge in [-0.25, -0.2) is 4.98 Å². The van der Waals surface area contributed by atoms with Crippen LogP contribution in [0.15, 0.2) is 67.0 Å². The van der Waals surface area contributed by atoms with E-state index in [1.54, 1.807) is 0 Å². The van der Waals surface area contributed by atoms with E-state index in [0.717, 1.165) is 65.6 Å². The number of nitrogens with one attached hydrogen (secondary N) is 1. The van der Waals surface area contributed by atoms with Crippen LogP contribution in [-0.2, 0) is 6.54 Å². The van der Waals surface area contributed by atoms with Crippen LogP contribution in [0.25, 0.3) is 33.4 Å². The van der Waals surface area contributed by atoms with Gasteiger partial charge in [0.15, 0.2) is 0 Å². The molecule has 186 valence electrons. The van der Waals surface area contributed by atoms with Gasteiger partial charge >= 0.3 is 0 Å². The molecule has 36 heavy (non-hydrogen) atoms. The highest BCUT2D eigenvalue weighted by atomic mass is 16.3. The Hall–Kier alpha value is -3.18. The molecule has 5 heteroatoms. The first-order valence-corrected chi connectivity index (χ1v) is 13.7. The fraction of sp³-hybridized carbons (Fsp3) is 0.419. The smallest absolute Gasteiger partial charge is 0.146 e. The summed E-state index contributed by atoms with van der Waals surface area (Å²) >= 11 is 0. The van der Waals surface area contributed by atoms with Crippen LogP contribution in [0.3, 0.4) is 0 Å². The quantitative estimate of drug-likeness (QED) is 0.333. The third-order valence-electron chi connectivity index (χ3n) is 8.36. The van der Waals surface area contributed by atoms with Crippen molar-refractivity contribution < 1.29 is 5.11 Å². The SMILES string of the molecule is N=c1c2c(-c3ccccc3)c(-c3ccccc3)n(CC3CCCCC3)c2ncn1[C@@H]1CCCC[C@H]1O. The highest BCUT2D eigenvalue weighted by Gasteiger charge is 2.29. The molecule has 6 rings (SSSR count). The van der Waals surface area contributed by atoms with Gasteiger partial charge in [0.05, 0.1) is 29.6 Å². The molecule has 2 aliphatic carbocycles. The second-order valence-electron chi connectivity index (χ2n) is 10.7. The lowest BCUT2D eigenvalue weighted by atomic mass is 9.89. The first-order chi connectivity index (χ1) is 17.7. The van der Waals surface area contributed by atoms with Crippen molar-refractivity contribution in [1.82, 2.24) is 14.1 Å². The van der Waals surface area contributed by atoms with Crippen LogP contribution in [0.1, 0.15) is 63.8 Å². The Morgan fingerprint density at radius 1 is 0.806 bits per heavy atom. The topological polar surface area (TPSA) is 66.8 Å². The van der Waals surface area contributed by atoms with Crippen molar-refractivity contribution in [3.8, 4) is 22.4 Å². The van der Waals surface area contributed by atoms with Gasteiger partial charge in [-0.05, 0) is 42.7 Å². The molecule has 0 bridgehead atoms. The third-order valence-corrected chi connectivity index (χ3v) is 8.36. The number of aliphatic hydroxyl groups is 1. The van der Waals surface area contributed by atoms with E-state index in [9.17, 15) is 10.5 Å². The van der Waals surface area contributed by atoms with Gasteiger partial charge in [-0.1, -0.05) is 92.8 Å². The van der Waals surface area contributed by atoms with Crippen molar-refractivity contribution in [3.63, 3.8) is 0 Å². The summed E-state index contributed by atoms with van der Waals surface area (Å²) in [7, 11) is 0. The van der Waals surface area contributed by atoms with E-state index >= 15 is 0 Å². The number of aromatic nitrogens is 3. The van der Waals surface area contributed by atoms with Crippen molar-refractivity contribution in [3.05, 3.63) is 72.5 Å². The highest BCUT2D eigenvalue weighted by Crippen LogP contribution is 2.41. The van der Waals surface area contributed by atoms with Crippen LogP contribution in [0.2, 0.25) is 0 Å². The van der Waals surface area contributed by atoms with E-state index in [2.05, 4.69) is 59.2 Å². The molecule has 2 aromatic carbocycles. The second-order valence-corrected chi connectivity index (χ2v) is 10.7. The fourth-order valence-corrected chi connectivity index (χ4v) is 6.52. The average molecular weight is 481 g/mol. The predicted octanol–water partition coefficient (Wildman–Crippen LogP) is 6.71. The summed E-state index contributed by atoms with van der Waals surface area (Å²) in [4.78, 5) is 5.04. The van der Waals surface area contributed by atoms with Crippen molar-refractivity contribution in [2.45, 2.75) is 76.5 Å². The van der Waals surface area contributed by atoms with Crippen molar-refractivity contribution >= 4 is 11.0 Å². The molecule has 2 atom stereocenters. The van der Waals surface area contributed by atoms with Crippen LogP contribution in [-0.4, -0.2) is 25.3 Å². The fourth-order valence-electron chi connectivity index (χ4n) is 6.52. The van der Waals surface area contributed by atoms with Crippen LogP contribution in [0, 0.1) is 11.3 Å². The maximum Gasteiger partial charge on any atom is 0.146 e. The first-order valence-electron chi connectivity index (χ1n) is 13.7. The van der Waals surface area contributed by atoms with Gasteiger partial charge in [0.25, 0.3) is 0 Å². The van der Waals surface area contributed by atoms with Crippen LogP contribution >= 0.6 is 0 Å². The molecule has 0 saturated heterocycles. The Labute approximate surface area is 213 Å². The molecule has 0 unspecified atom stereocenters. The van der Waals surface area contributed by atoms with Crippen molar-refractivity contribution in [1.29, 1.82) is 5.41 Å². The van der Waals surface area contributed by atoms with Gasteiger partial charge in [0, 0.05) is 12.1 Å². The molecule has 2 N–H and O–H groups in total. The molecule has 2 saturated carbocycles. The maximum atomic E-state index is 10.8. The van der Waals surface area contributed by atoms with E-state index in [0.29, 0.717) is 11.4 Å². The van der Waals surface area contributed by atoms with Gasteiger partial charge < -0.3 is 14.2 Å². The minimum Gasteiger partial charge on any atom is -0.391 e. The Morgan fingerprint density at radius 3 is 2.14 bits per heavy atom. The summed E-state index contributed by atoms with van der Waals surface area (Å²) in [5.41, 5.74) is 5.87. The molecule has 5 nitrogen and oxygen atoms in total. The number of hydrogen-bond donors (Lipinski definition) is 2. The lowest BCUT2D eigenvalue weighted by Crippen LogP contribution is -2.35. The lowest BCUT2D eigenvalue weighted by Gasteiger charge is -2.29. The van der Waals surface area contributed by atoms with E-state index in [1.807, 2.05) is 17.0 Å². The van der Waals surface area contributed by atoms with Gasteiger partial charge in [0.2, 0.25) is 0 Å². The van der Waals surface area contributed by atoms with Gasteiger partial charge in [0.1, 0.15) is 11.1 Å². The molecule has 2 aliphatic rings. The van der Waals surface area contributed by atoms with E-state index in [-0.39, 0.29) is 6.04 Å². The lowest BCUT2D eigenvalue weighted by molar-refractivity contribution is 0.0729. The molecular weight excluding hydrogens is 444 g/mol. The van der Waals surface area contributed by atoms with Crippen LogP contribution in [0.4, 0.5) is 0 Å². The minimum absolute atomic E-state index is 0.0892. The average Bonchev–Trinajstić information content (AvgIpc) is 3.26. The zero-order valence-corrected chi connectivity index (χ0v) is 20.9. The van der Waals surface area contributed by atoms with Gasteiger partial charge in [-0.15, -0.1) is 0 Å². The summed E-state index contributed by atoms with van der Waals surface area (Å²) in [5, 5.41) is 21.2. The van der Waals surface area contributed by atoms with Crippen molar-refractivity contribution in [2.24, 2.45) is 5.92 Å². The maximum absolute atomic E-state index is 10.8. The molecule has 0 spiro atoms. The van der Waals surface area contributed by atoms with E-state index in [1.165, 1.54) is 32.1 Å². The Bertz CT molecular complexity index is 1380. The monoisotopic (exact) mass is 480 g/mol. The Kier molecular flexibility index (Phi) is 6.49. The molecule has 2 aromatic heterocycles. The Balaban J connectivity index is 1.64. The molecular formula is C31H36N4O. The standard InChI is InChI=1S/C31H36N4O/c32-30-28-27(23-14-6-2-7-15-23)29(24-16-8-3-9-17-24)34(20-22-12-4-1-5-13-22)31(28)33-21-35(30)25-18-10-11-19-26(25)36/h2-3,6-9,14-17,21-22,25-26,32,36H,1,4-5,10-13,18-20H2/t25-,26-/m1/s1. The minimum atomic E-state index is -0.426. The molecule has 0 amide bonds. The number of aliphatic hydroxyl groups excluding tert-OH is 1. The summed E-state index contributed by atoms with van der Waals surface area (Å²) in [6.07, 6.45) is 11.6. The molecule has 2 heterocycles. The molecule has 0 radical (unpaired) electrons. The van der Waals surface area contributed by atoms with Gasteiger partial charge in [-0.3, -0.25) is 5.41 Å². The first kappa shape index (κ1) is 23.2. The molecule has 2 fully saturated rings. The predicted molar refractivity (Wildman–Crippen MR) is 145 cm³/mol. The van der Waals surface area contributed by atoms with Crippen LogP contribution in [0.5, 0.6) is 0 Å².